The first-order valence-corrected chi connectivity index (χ1v) is 7.32. The number of hydrogen-bond acceptors (Lipinski definition) is 2. The molecule has 1 aliphatic rings. The molecule has 1 fully saturated rings. The van der Waals surface area contributed by atoms with E-state index < -0.39 is 0 Å². The molecule has 1 heterocycles. The Balaban J connectivity index is 2.07. The van der Waals surface area contributed by atoms with Crippen LogP contribution in [0.5, 0.6) is 0 Å². The van der Waals surface area contributed by atoms with E-state index in [0.717, 1.165) is 5.25 Å². The lowest BCUT2D eigenvalue weighted by Gasteiger charge is -2.20. The van der Waals surface area contributed by atoms with E-state index in [1.165, 1.54) is 36.3 Å². The van der Waals surface area contributed by atoms with Gasteiger partial charge in [0.05, 0.1) is 0 Å². The van der Waals surface area contributed by atoms with Crippen molar-refractivity contribution in [1.82, 2.24) is 0 Å². The normalized spacial score (nSPS) is 24.6. The van der Waals surface area contributed by atoms with Crippen molar-refractivity contribution in [1.29, 1.82) is 0 Å². The summed E-state index contributed by atoms with van der Waals surface area (Å²) in [6, 6.07) is 9.40. The molecule has 1 aromatic carbocycles. The average molecular weight is 235 g/mol. The fourth-order valence-electron chi connectivity index (χ4n) is 2.27. The molecule has 2 unspecified atom stereocenters. The minimum absolute atomic E-state index is 0.656. The van der Waals surface area contributed by atoms with Crippen LogP contribution in [0.4, 0.5) is 5.69 Å². The lowest BCUT2D eigenvalue weighted by atomic mass is 10.1. The molecule has 0 spiro atoms. The molecular formula is C14H21NS. The zero-order chi connectivity index (χ0) is 11.4. The first kappa shape index (κ1) is 11.8. The zero-order valence-electron chi connectivity index (χ0n) is 10.2. The molecule has 1 aromatic rings. The topological polar surface area (TPSA) is 12.0 Å². The standard InChI is InChI=1S/C14H21NS/c1-3-6-12-7-4-5-8-14(12)15-13-9-10-16-11(13)2/h4-5,7-8,11,13,15H,3,6,9-10H2,1-2H3. The molecule has 0 aliphatic carbocycles. The minimum atomic E-state index is 0.656. The van der Waals surface area contributed by atoms with Crippen molar-refractivity contribution < 1.29 is 0 Å². The third-order valence-corrected chi connectivity index (χ3v) is 4.58. The summed E-state index contributed by atoms with van der Waals surface area (Å²) in [5.74, 6) is 1.30. The van der Waals surface area contributed by atoms with E-state index in [4.69, 9.17) is 0 Å². The molecule has 0 saturated carbocycles. The van der Waals surface area contributed by atoms with Crippen LogP contribution in [0.1, 0.15) is 32.3 Å². The Hall–Kier alpha value is -0.630. The number of nitrogens with one attached hydrogen (secondary N) is 1. The molecule has 88 valence electrons. The Morgan fingerprint density at radius 2 is 2.19 bits per heavy atom. The van der Waals surface area contributed by atoms with Crippen LogP contribution in [0.25, 0.3) is 0 Å². The summed E-state index contributed by atoms with van der Waals surface area (Å²) in [4.78, 5) is 0. The van der Waals surface area contributed by atoms with Crippen LogP contribution in [0.15, 0.2) is 24.3 Å². The highest BCUT2D eigenvalue weighted by Gasteiger charge is 2.23. The van der Waals surface area contributed by atoms with Crippen molar-refractivity contribution in [2.75, 3.05) is 11.1 Å². The molecule has 1 nitrogen and oxygen atoms in total. The lowest BCUT2D eigenvalue weighted by molar-refractivity contribution is 0.722. The van der Waals surface area contributed by atoms with E-state index >= 15 is 0 Å². The number of para-hydroxylation sites is 1. The largest absolute Gasteiger partial charge is 0.381 e. The molecule has 2 heteroatoms. The number of thioether (sulfide) groups is 1. The second kappa shape index (κ2) is 5.62. The van der Waals surface area contributed by atoms with Gasteiger partial charge in [0, 0.05) is 17.0 Å². The maximum atomic E-state index is 3.72. The van der Waals surface area contributed by atoms with Crippen molar-refractivity contribution >= 4 is 17.4 Å². The average Bonchev–Trinajstić information content (AvgIpc) is 2.68. The first-order valence-electron chi connectivity index (χ1n) is 6.27. The maximum Gasteiger partial charge on any atom is 0.0385 e. The molecule has 1 aliphatic heterocycles. The lowest BCUT2D eigenvalue weighted by Crippen LogP contribution is -2.25. The molecule has 0 aromatic heterocycles. The number of benzene rings is 1. The third kappa shape index (κ3) is 2.73. The maximum absolute atomic E-state index is 3.72. The van der Waals surface area contributed by atoms with Gasteiger partial charge in [-0.1, -0.05) is 38.5 Å². The molecule has 0 radical (unpaired) electrons. The van der Waals surface area contributed by atoms with Gasteiger partial charge in [-0.15, -0.1) is 0 Å². The summed E-state index contributed by atoms with van der Waals surface area (Å²) < 4.78 is 0. The fraction of sp³-hybridized carbons (Fsp3) is 0.571. The zero-order valence-corrected chi connectivity index (χ0v) is 11.0. The van der Waals surface area contributed by atoms with Gasteiger partial charge in [0.25, 0.3) is 0 Å². The molecule has 2 rings (SSSR count). The molecule has 1 N–H and O–H groups in total. The highest BCUT2D eigenvalue weighted by molar-refractivity contribution is 8.00. The Morgan fingerprint density at radius 1 is 1.38 bits per heavy atom. The Kier molecular flexibility index (Phi) is 4.16. The van der Waals surface area contributed by atoms with Crippen molar-refractivity contribution in [3.8, 4) is 0 Å². The molecule has 0 amide bonds. The summed E-state index contributed by atoms with van der Waals surface area (Å²) in [5, 5.41) is 4.47. The monoisotopic (exact) mass is 235 g/mol. The van der Waals surface area contributed by atoms with Gasteiger partial charge < -0.3 is 5.32 Å². The van der Waals surface area contributed by atoms with Crippen molar-refractivity contribution in [2.45, 2.75) is 44.4 Å². The Morgan fingerprint density at radius 3 is 2.88 bits per heavy atom. The molecular weight excluding hydrogens is 214 g/mol. The third-order valence-electron chi connectivity index (χ3n) is 3.25. The second-order valence-electron chi connectivity index (χ2n) is 4.52. The van der Waals surface area contributed by atoms with Gasteiger partial charge in [0.2, 0.25) is 0 Å². The van der Waals surface area contributed by atoms with Crippen LogP contribution in [0.3, 0.4) is 0 Å². The number of hydrogen-bond donors (Lipinski definition) is 1. The van der Waals surface area contributed by atoms with Crippen LogP contribution in [0.2, 0.25) is 0 Å². The van der Waals surface area contributed by atoms with Gasteiger partial charge in [-0.2, -0.15) is 11.8 Å². The van der Waals surface area contributed by atoms with E-state index in [-0.39, 0.29) is 0 Å². The molecule has 16 heavy (non-hydrogen) atoms. The van der Waals surface area contributed by atoms with E-state index in [2.05, 4.69) is 55.2 Å². The molecule has 2 atom stereocenters. The van der Waals surface area contributed by atoms with Gasteiger partial charge in [0.1, 0.15) is 0 Å². The van der Waals surface area contributed by atoms with Crippen molar-refractivity contribution in [3.05, 3.63) is 29.8 Å². The highest BCUT2D eigenvalue weighted by atomic mass is 32.2. The second-order valence-corrected chi connectivity index (χ2v) is 6.01. The first-order chi connectivity index (χ1) is 7.81. The van der Waals surface area contributed by atoms with Gasteiger partial charge in [-0.05, 0) is 30.2 Å². The van der Waals surface area contributed by atoms with Crippen LogP contribution in [-0.2, 0) is 6.42 Å². The van der Waals surface area contributed by atoms with E-state index in [1.54, 1.807) is 0 Å². The Labute approximate surface area is 103 Å². The van der Waals surface area contributed by atoms with E-state index in [9.17, 15) is 0 Å². The van der Waals surface area contributed by atoms with Crippen LogP contribution >= 0.6 is 11.8 Å². The van der Waals surface area contributed by atoms with Gasteiger partial charge in [-0.25, -0.2) is 0 Å². The van der Waals surface area contributed by atoms with Gasteiger partial charge >= 0.3 is 0 Å². The fourth-order valence-corrected chi connectivity index (χ4v) is 3.47. The predicted molar refractivity (Wildman–Crippen MR) is 74.4 cm³/mol. The summed E-state index contributed by atoms with van der Waals surface area (Å²) in [7, 11) is 0. The Bertz CT molecular complexity index is 337. The van der Waals surface area contributed by atoms with Crippen LogP contribution < -0.4 is 5.32 Å². The minimum Gasteiger partial charge on any atom is -0.381 e. The van der Waals surface area contributed by atoms with E-state index in [1.807, 2.05) is 0 Å². The predicted octanol–water partition coefficient (Wildman–Crippen LogP) is 3.95. The molecule has 0 bridgehead atoms. The summed E-state index contributed by atoms with van der Waals surface area (Å²) in [6.45, 7) is 4.57. The quantitative estimate of drug-likeness (QED) is 0.848. The van der Waals surface area contributed by atoms with Gasteiger partial charge in [-0.3, -0.25) is 0 Å². The number of aryl methyl sites for hydroxylation is 1. The summed E-state index contributed by atoms with van der Waals surface area (Å²) in [6.07, 6.45) is 3.69. The van der Waals surface area contributed by atoms with Crippen LogP contribution in [-0.4, -0.2) is 17.0 Å². The summed E-state index contributed by atoms with van der Waals surface area (Å²) in [5.41, 5.74) is 2.82. The van der Waals surface area contributed by atoms with E-state index in [0.29, 0.717) is 6.04 Å². The number of rotatable bonds is 4. The van der Waals surface area contributed by atoms with Gasteiger partial charge in [0.15, 0.2) is 0 Å². The van der Waals surface area contributed by atoms with Crippen molar-refractivity contribution in [2.24, 2.45) is 0 Å². The molecule has 1 saturated heterocycles. The smallest absolute Gasteiger partial charge is 0.0385 e. The summed E-state index contributed by atoms with van der Waals surface area (Å²) >= 11 is 2.08. The number of anilines is 1. The van der Waals surface area contributed by atoms with Crippen molar-refractivity contribution in [3.63, 3.8) is 0 Å². The highest BCUT2D eigenvalue weighted by Crippen LogP contribution is 2.30. The SMILES string of the molecule is CCCc1ccccc1NC1CCSC1C. The van der Waals surface area contributed by atoms with Crippen LogP contribution in [0, 0.1) is 0 Å².